The van der Waals surface area contributed by atoms with Crippen molar-refractivity contribution in [3.05, 3.63) is 151 Å². The van der Waals surface area contributed by atoms with Crippen LogP contribution in [0.2, 0.25) is 0 Å². The lowest BCUT2D eigenvalue weighted by Crippen LogP contribution is -1.99. The Morgan fingerprint density at radius 1 is 0.667 bits per heavy atom. The van der Waals surface area contributed by atoms with Gasteiger partial charge in [0.1, 0.15) is 0 Å². The molecule has 0 fully saturated rings. The molecule has 0 saturated carbocycles. The van der Waals surface area contributed by atoms with E-state index in [9.17, 15) is 0 Å². The van der Waals surface area contributed by atoms with Crippen LogP contribution in [0.5, 0.6) is 0 Å². The molecule has 2 aromatic heterocycles. The number of nitrogens with zero attached hydrogens (tertiary/aromatic N) is 1. The van der Waals surface area contributed by atoms with Gasteiger partial charge in [-0.05, 0) is 52.8 Å². The number of anilines is 1. The number of nitrogens with two attached hydrogens (primary N) is 1. The standard InChI is InChI=1S/C37H28N2/c1-2-3-15-27(25-13-5-4-6-14-25)28-16-8-10-20-32(28)36-33(38)23-22-26-24-35-31-19-9-7-17-29(31)30-18-11-12-21-34(30)39(35)37(26)36/h2-24H,38H2,1H3/b3-2-,27-15?. The summed E-state index contributed by atoms with van der Waals surface area (Å²) < 4.78 is 2.41. The molecule has 2 N–H and O–H groups in total. The van der Waals surface area contributed by atoms with Gasteiger partial charge in [0.2, 0.25) is 0 Å². The SMILES string of the molecule is C/C=C\C=C(c1ccccc1)c1ccccc1-c1c(N)ccc2cc3c4ccccc4c4ccccc4n3c12. The first-order chi connectivity index (χ1) is 19.3. The number of aromatic nitrogens is 1. The summed E-state index contributed by atoms with van der Waals surface area (Å²) in [7, 11) is 0. The van der Waals surface area contributed by atoms with E-state index in [0.29, 0.717) is 0 Å². The Bertz CT molecular complexity index is 2070. The maximum Gasteiger partial charge on any atom is 0.0634 e. The highest BCUT2D eigenvalue weighted by molar-refractivity contribution is 6.18. The number of benzene rings is 5. The van der Waals surface area contributed by atoms with Gasteiger partial charge >= 0.3 is 0 Å². The highest BCUT2D eigenvalue weighted by Gasteiger charge is 2.20. The van der Waals surface area contributed by atoms with Crippen molar-refractivity contribution in [3.8, 4) is 11.1 Å². The van der Waals surface area contributed by atoms with Gasteiger partial charge in [0.05, 0.1) is 16.6 Å². The molecule has 2 heterocycles. The lowest BCUT2D eigenvalue weighted by atomic mass is 9.89. The molecule has 0 unspecified atom stereocenters. The Balaban J connectivity index is 1.64. The molecule has 186 valence electrons. The molecule has 0 aliphatic heterocycles. The Hall–Kier alpha value is -5.08. The summed E-state index contributed by atoms with van der Waals surface area (Å²) in [5.41, 5.74) is 16.8. The summed E-state index contributed by atoms with van der Waals surface area (Å²) in [5, 5.41) is 4.91. The number of para-hydroxylation sites is 1. The monoisotopic (exact) mass is 500 g/mol. The molecular formula is C37H28N2. The van der Waals surface area contributed by atoms with Gasteiger partial charge in [-0.15, -0.1) is 0 Å². The van der Waals surface area contributed by atoms with Gasteiger partial charge in [0.25, 0.3) is 0 Å². The van der Waals surface area contributed by atoms with Gasteiger partial charge in [-0.1, -0.05) is 121 Å². The lowest BCUT2D eigenvalue weighted by molar-refractivity contribution is 1.34. The minimum atomic E-state index is 0.769. The van der Waals surface area contributed by atoms with Gasteiger partial charge in [-0.2, -0.15) is 0 Å². The van der Waals surface area contributed by atoms with E-state index in [1.54, 1.807) is 0 Å². The summed E-state index contributed by atoms with van der Waals surface area (Å²) in [6.45, 7) is 2.05. The molecule has 7 rings (SSSR count). The van der Waals surface area contributed by atoms with Gasteiger partial charge < -0.3 is 10.1 Å². The van der Waals surface area contributed by atoms with E-state index in [1.165, 1.54) is 38.1 Å². The molecule has 0 atom stereocenters. The van der Waals surface area contributed by atoms with Gasteiger partial charge in [0, 0.05) is 27.4 Å². The minimum absolute atomic E-state index is 0.769. The van der Waals surface area contributed by atoms with E-state index in [2.05, 4.69) is 144 Å². The number of rotatable bonds is 4. The van der Waals surface area contributed by atoms with Crippen LogP contribution in [0.1, 0.15) is 18.1 Å². The highest BCUT2D eigenvalue weighted by atomic mass is 14.9. The number of fused-ring (bicyclic) bond motifs is 8. The van der Waals surface area contributed by atoms with Crippen molar-refractivity contribution in [2.75, 3.05) is 5.73 Å². The van der Waals surface area contributed by atoms with E-state index >= 15 is 0 Å². The quantitative estimate of drug-likeness (QED) is 0.146. The smallest absolute Gasteiger partial charge is 0.0634 e. The molecule has 0 aliphatic carbocycles. The van der Waals surface area contributed by atoms with E-state index in [0.717, 1.165) is 33.5 Å². The Labute approximate surface area is 227 Å². The molecule has 0 spiro atoms. The van der Waals surface area contributed by atoms with Crippen LogP contribution in [0, 0.1) is 0 Å². The fourth-order valence-electron chi connectivity index (χ4n) is 5.97. The van der Waals surface area contributed by atoms with Crippen LogP contribution in [0.15, 0.2) is 140 Å². The summed E-state index contributed by atoms with van der Waals surface area (Å²) in [5.74, 6) is 0. The number of allylic oxidation sites excluding steroid dienone is 3. The minimum Gasteiger partial charge on any atom is -0.398 e. The van der Waals surface area contributed by atoms with Crippen LogP contribution in [0.4, 0.5) is 5.69 Å². The molecule has 39 heavy (non-hydrogen) atoms. The van der Waals surface area contributed by atoms with E-state index in [-0.39, 0.29) is 0 Å². The van der Waals surface area contributed by atoms with E-state index in [1.807, 2.05) is 6.92 Å². The summed E-state index contributed by atoms with van der Waals surface area (Å²) in [6, 6.07) is 43.1. The summed E-state index contributed by atoms with van der Waals surface area (Å²) in [6.07, 6.45) is 6.37. The van der Waals surface area contributed by atoms with Crippen molar-refractivity contribution in [1.82, 2.24) is 4.40 Å². The maximum absolute atomic E-state index is 6.89. The largest absolute Gasteiger partial charge is 0.398 e. The van der Waals surface area contributed by atoms with Crippen molar-refractivity contribution in [3.63, 3.8) is 0 Å². The molecule has 0 aliphatic rings. The average Bonchev–Trinajstić information content (AvgIpc) is 3.39. The molecule has 0 saturated heterocycles. The first-order valence-electron chi connectivity index (χ1n) is 13.4. The zero-order valence-electron chi connectivity index (χ0n) is 21.8. The van der Waals surface area contributed by atoms with Crippen molar-refractivity contribution in [1.29, 1.82) is 0 Å². The fraction of sp³-hybridized carbons (Fsp3) is 0.0270. The average molecular weight is 501 g/mol. The second-order valence-corrected chi connectivity index (χ2v) is 9.91. The fourth-order valence-corrected chi connectivity index (χ4v) is 5.97. The van der Waals surface area contributed by atoms with Gasteiger partial charge in [-0.3, -0.25) is 0 Å². The van der Waals surface area contributed by atoms with Crippen LogP contribution in [-0.2, 0) is 0 Å². The van der Waals surface area contributed by atoms with Crippen LogP contribution in [-0.4, -0.2) is 4.40 Å². The second-order valence-electron chi connectivity index (χ2n) is 9.91. The van der Waals surface area contributed by atoms with E-state index < -0.39 is 0 Å². The number of hydrogen-bond acceptors (Lipinski definition) is 1. The van der Waals surface area contributed by atoms with E-state index in [4.69, 9.17) is 5.73 Å². The number of nitrogen functional groups attached to an aromatic ring is 1. The summed E-state index contributed by atoms with van der Waals surface area (Å²) in [4.78, 5) is 0. The Morgan fingerprint density at radius 2 is 1.33 bits per heavy atom. The predicted octanol–water partition coefficient (Wildman–Crippen LogP) is 9.66. The third-order valence-corrected chi connectivity index (χ3v) is 7.66. The molecule has 7 aromatic rings. The van der Waals surface area contributed by atoms with Crippen molar-refractivity contribution in [2.24, 2.45) is 0 Å². The zero-order chi connectivity index (χ0) is 26.3. The van der Waals surface area contributed by atoms with Gasteiger partial charge in [-0.25, -0.2) is 0 Å². The normalized spacial score (nSPS) is 12.4. The highest BCUT2D eigenvalue weighted by Crippen LogP contribution is 2.43. The van der Waals surface area contributed by atoms with Crippen molar-refractivity contribution < 1.29 is 0 Å². The van der Waals surface area contributed by atoms with Gasteiger partial charge in [0.15, 0.2) is 0 Å². The zero-order valence-corrected chi connectivity index (χ0v) is 21.8. The Morgan fingerprint density at radius 3 is 2.13 bits per heavy atom. The van der Waals surface area contributed by atoms with Crippen LogP contribution >= 0.6 is 0 Å². The number of hydrogen-bond donors (Lipinski definition) is 1. The maximum atomic E-state index is 6.89. The molecule has 2 heteroatoms. The lowest BCUT2D eigenvalue weighted by Gasteiger charge is -2.18. The van der Waals surface area contributed by atoms with Crippen LogP contribution < -0.4 is 5.73 Å². The molecule has 0 amide bonds. The molecular weight excluding hydrogens is 472 g/mol. The summed E-state index contributed by atoms with van der Waals surface area (Å²) >= 11 is 0. The topological polar surface area (TPSA) is 30.4 Å². The van der Waals surface area contributed by atoms with Crippen LogP contribution in [0.3, 0.4) is 0 Å². The molecule has 0 bridgehead atoms. The van der Waals surface area contributed by atoms with Crippen molar-refractivity contribution >= 4 is 49.4 Å². The predicted molar refractivity (Wildman–Crippen MR) is 168 cm³/mol. The molecule has 2 nitrogen and oxygen atoms in total. The van der Waals surface area contributed by atoms with Crippen molar-refractivity contribution in [2.45, 2.75) is 6.92 Å². The molecule has 5 aromatic carbocycles. The second kappa shape index (κ2) is 9.34. The first kappa shape index (κ1) is 23.1. The third-order valence-electron chi connectivity index (χ3n) is 7.66. The van der Waals surface area contributed by atoms with Crippen LogP contribution in [0.25, 0.3) is 54.8 Å². The first-order valence-corrected chi connectivity index (χ1v) is 13.4. The number of pyridine rings is 1. The third kappa shape index (κ3) is 3.65. The Kier molecular flexibility index (Phi) is 5.53. The molecule has 0 radical (unpaired) electrons.